The molecule has 0 saturated carbocycles. The molecule has 0 atom stereocenters. The summed E-state index contributed by atoms with van der Waals surface area (Å²) in [5.74, 6) is -1.76. The Balaban J connectivity index is 1.69. The summed E-state index contributed by atoms with van der Waals surface area (Å²) in [7, 11) is 0. The monoisotopic (exact) mass is 302 g/mol. The molecule has 0 radical (unpaired) electrons. The Bertz CT molecular complexity index is 665. The van der Waals surface area contributed by atoms with Crippen molar-refractivity contribution in [2.75, 3.05) is 31.2 Å². The van der Waals surface area contributed by atoms with Gasteiger partial charge in [0, 0.05) is 31.1 Å². The standard InChI is InChI=1S/C17H16F2N2O/c18-16-6-3-14(11-17(16)19)20-12-13-1-4-15(5-2-13)21-7-9-22-10-8-21/h1-6,11-12H,7-10H2. The SMILES string of the molecule is Fc1ccc(N=Cc2ccc(N3CCOCC3)cc2)cc1F. The van der Waals surface area contributed by atoms with E-state index in [9.17, 15) is 8.78 Å². The highest BCUT2D eigenvalue weighted by Gasteiger charge is 2.10. The van der Waals surface area contributed by atoms with Gasteiger partial charge in [-0.1, -0.05) is 12.1 Å². The topological polar surface area (TPSA) is 24.8 Å². The summed E-state index contributed by atoms with van der Waals surface area (Å²) in [4.78, 5) is 6.42. The first-order valence-electron chi connectivity index (χ1n) is 7.14. The molecule has 0 unspecified atom stereocenters. The average Bonchev–Trinajstić information content (AvgIpc) is 2.57. The van der Waals surface area contributed by atoms with Gasteiger partial charge in [0.2, 0.25) is 0 Å². The number of morpholine rings is 1. The highest BCUT2D eigenvalue weighted by Crippen LogP contribution is 2.18. The Labute approximate surface area is 127 Å². The van der Waals surface area contributed by atoms with Crippen LogP contribution in [0.5, 0.6) is 0 Å². The molecular formula is C17H16F2N2O. The minimum atomic E-state index is -0.891. The molecule has 114 valence electrons. The van der Waals surface area contributed by atoms with Crippen LogP contribution in [-0.4, -0.2) is 32.5 Å². The van der Waals surface area contributed by atoms with E-state index >= 15 is 0 Å². The van der Waals surface area contributed by atoms with Gasteiger partial charge in [0.1, 0.15) is 0 Å². The van der Waals surface area contributed by atoms with Crippen LogP contribution < -0.4 is 4.90 Å². The minimum Gasteiger partial charge on any atom is -0.378 e. The van der Waals surface area contributed by atoms with Crippen molar-refractivity contribution in [3.63, 3.8) is 0 Å². The summed E-state index contributed by atoms with van der Waals surface area (Å²) >= 11 is 0. The predicted molar refractivity (Wildman–Crippen MR) is 83.1 cm³/mol. The van der Waals surface area contributed by atoms with Crippen LogP contribution >= 0.6 is 0 Å². The summed E-state index contributed by atoms with van der Waals surface area (Å²) in [5, 5.41) is 0. The van der Waals surface area contributed by atoms with E-state index in [1.54, 1.807) is 6.21 Å². The third-order valence-electron chi connectivity index (χ3n) is 3.54. The van der Waals surface area contributed by atoms with Crippen molar-refractivity contribution in [1.82, 2.24) is 0 Å². The van der Waals surface area contributed by atoms with Crippen LogP contribution in [0.1, 0.15) is 5.56 Å². The van der Waals surface area contributed by atoms with Gasteiger partial charge in [-0.3, -0.25) is 4.99 Å². The lowest BCUT2D eigenvalue weighted by molar-refractivity contribution is 0.122. The maximum atomic E-state index is 13.1. The first-order chi connectivity index (χ1) is 10.7. The molecule has 1 heterocycles. The van der Waals surface area contributed by atoms with Gasteiger partial charge in [0.05, 0.1) is 18.9 Å². The molecule has 2 aromatic rings. The maximum Gasteiger partial charge on any atom is 0.160 e. The molecule has 0 N–H and O–H groups in total. The third kappa shape index (κ3) is 3.49. The molecule has 0 amide bonds. The lowest BCUT2D eigenvalue weighted by Crippen LogP contribution is -2.36. The van der Waals surface area contributed by atoms with E-state index in [-0.39, 0.29) is 0 Å². The Morgan fingerprint density at radius 1 is 0.955 bits per heavy atom. The normalized spacial score (nSPS) is 15.5. The van der Waals surface area contributed by atoms with Crippen molar-refractivity contribution in [3.05, 3.63) is 59.7 Å². The number of halogens is 2. The van der Waals surface area contributed by atoms with Gasteiger partial charge in [-0.05, 0) is 29.8 Å². The third-order valence-corrected chi connectivity index (χ3v) is 3.54. The molecule has 3 rings (SSSR count). The molecule has 1 saturated heterocycles. The predicted octanol–water partition coefficient (Wildman–Crippen LogP) is 3.55. The van der Waals surface area contributed by atoms with E-state index in [1.165, 1.54) is 6.07 Å². The number of ether oxygens (including phenoxy) is 1. The van der Waals surface area contributed by atoms with Crippen molar-refractivity contribution < 1.29 is 13.5 Å². The Morgan fingerprint density at radius 3 is 2.36 bits per heavy atom. The Morgan fingerprint density at radius 2 is 1.68 bits per heavy atom. The zero-order valence-electron chi connectivity index (χ0n) is 12.0. The van der Waals surface area contributed by atoms with E-state index in [4.69, 9.17) is 4.74 Å². The molecule has 3 nitrogen and oxygen atoms in total. The molecule has 0 aliphatic carbocycles. The van der Waals surface area contributed by atoms with Crippen molar-refractivity contribution in [2.24, 2.45) is 4.99 Å². The number of hydrogen-bond acceptors (Lipinski definition) is 3. The first-order valence-corrected chi connectivity index (χ1v) is 7.14. The van der Waals surface area contributed by atoms with Crippen LogP contribution in [0.25, 0.3) is 0 Å². The molecule has 5 heteroatoms. The zero-order valence-corrected chi connectivity index (χ0v) is 12.0. The molecule has 0 spiro atoms. The maximum absolute atomic E-state index is 13.1. The fourth-order valence-corrected chi connectivity index (χ4v) is 2.31. The second kappa shape index (κ2) is 6.66. The van der Waals surface area contributed by atoms with Crippen LogP contribution in [0.15, 0.2) is 47.5 Å². The van der Waals surface area contributed by atoms with Crippen LogP contribution in [0.4, 0.5) is 20.2 Å². The van der Waals surface area contributed by atoms with E-state index < -0.39 is 11.6 Å². The number of nitrogens with zero attached hydrogens (tertiary/aromatic N) is 2. The highest BCUT2D eigenvalue weighted by atomic mass is 19.2. The van der Waals surface area contributed by atoms with Gasteiger partial charge in [0.25, 0.3) is 0 Å². The Hall–Kier alpha value is -2.27. The molecule has 1 aliphatic heterocycles. The smallest absolute Gasteiger partial charge is 0.160 e. The average molecular weight is 302 g/mol. The fraction of sp³-hybridized carbons (Fsp3) is 0.235. The second-order valence-corrected chi connectivity index (χ2v) is 5.05. The summed E-state index contributed by atoms with van der Waals surface area (Å²) in [6.07, 6.45) is 1.63. The first kappa shape index (κ1) is 14.7. The van der Waals surface area contributed by atoms with Gasteiger partial charge in [-0.2, -0.15) is 0 Å². The van der Waals surface area contributed by atoms with E-state index in [0.717, 1.165) is 49.7 Å². The number of benzene rings is 2. The number of rotatable bonds is 3. The second-order valence-electron chi connectivity index (χ2n) is 5.05. The summed E-state index contributed by atoms with van der Waals surface area (Å²) < 4.78 is 31.3. The largest absolute Gasteiger partial charge is 0.378 e. The lowest BCUT2D eigenvalue weighted by atomic mass is 10.2. The summed E-state index contributed by atoms with van der Waals surface area (Å²) in [6, 6.07) is 11.5. The number of anilines is 1. The van der Waals surface area contributed by atoms with Crippen molar-refractivity contribution in [2.45, 2.75) is 0 Å². The van der Waals surface area contributed by atoms with Crippen molar-refractivity contribution in [1.29, 1.82) is 0 Å². The Kier molecular flexibility index (Phi) is 4.44. The van der Waals surface area contributed by atoms with Crippen molar-refractivity contribution in [3.8, 4) is 0 Å². The summed E-state index contributed by atoms with van der Waals surface area (Å²) in [5.41, 5.74) is 2.44. The molecule has 1 fully saturated rings. The van der Waals surface area contributed by atoms with Gasteiger partial charge >= 0.3 is 0 Å². The molecule has 0 bridgehead atoms. The van der Waals surface area contributed by atoms with Crippen LogP contribution in [0.3, 0.4) is 0 Å². The number of hydrogen-bond donors (Lipinski definition) is 0. The van der Waals surface area contributed by atoms with E-state index in [0.29, 0.717) is 5.69 Å². The molecule has 1 aliphatic rings. The zero-order chi connectivity index (χ0) is 15.4. The van der Waals surface area contributed by atoms with Gasteiger partial charge in [-0.15, -0.1) is 0 Å². The fourth-order valence-electron chi connectivity index (χ4n) is 2.31. The molecular weight excluding hydrogens is 286 g/mol. The highest BCUT2D eigenvalue weighted by molar-refractivity contribution is 5.82. The van der Waals surface area contributed by atoms with Crippen molar-refractivity contribution >= 4 is 17.6 Å². The molecule has 0 aromatic heterocycles. The number of aliphatic imine (C=N–C) groups is 1. The molecule has 2 aromatic carbocycles. The molecule has 22 heavy (non-hydrogen) atoms. The van der Waals surface area contributed by atoms with Gasteiger partial charge < -0.3 is 9.64 Å². The lowest BCUT2D eigenvalue weighted by Gasteiger charge is -2.28. The van der Waals surface area contributed by atoms with Crippen LogP contribution in [0.2, 0.25) is 0 Å². The van der Waals surface area contributed by atoms with E-state index in [2.05, 4.69) is 9.89 Å². The summed E-state index contributed by atoms with van der Waals surface area (Å²) in [6.45, 7) is 3.28. The van der Waals surface area contributed by atoms with Crippen LogP contribution in [-0.2, 0) is 4.74 Å². The van der Waals surface area contributed by atoms with Gasteiger partial charge in [-0.25, -0.2) is 8.78 Å². The van der Waals surface area contributed by atoms with E-state index in [1.807, 2.05) is 24.3 Å². The minimum absolute atomic E-state index is 0.385. The quantitative estimate of drug-likeness (QED) is 0.810. The van der Waals surface area contributed by atoms with Crippen LogP contribution in [0, 0.1) is 11.6 Å². The van der Waals surface area contributed by atoms with Gasteiger partial charge in [0.15, 0.2) is 11.6 Å².